The molecule has 0 spiro atoms. The molecule has 0 aliphatic carbocycles. The number of rotatable bonds is 59. The third-order valence-corrected chi connectivity index (χ3v) is 14.9. The highest BCUT2D eigenvalue weighted by Gasteiger charge is 2.18. The van der Waals surface area contributed by atoms with Gasteiger partial charge >= 0.3 is 0 Å². The molecule has 0 fully saturated rings. The highest BCUT2D eigenvalue weighted by atomic mass is 16.3. The van der Waals surface area contributed by atoms with E-state index in [0.717, 1.165) is 32.1 Å². The van der Waals surface area contributed by atoms with Crippen molar-refractivity contribution in [2.45, 2.75) is 373 Å². The zero-order valence-corrected chi connectivity index (χ0v) is 46.7. The molecule has 0 aromatic rings. The summed E-state index contributed by atoms with van der Waals surface area (Å²) in [6.45, 7) is 4.34. The van der Waals surface area contributed by atoms with Crippen molar-refractivity contribution in [1.82, 2.24) is 5.32 Å². The molecule has 0 aliphatic rings. The summed E-state index contributed by atoms with van der Waals surface area (Å²) in [6, 6.07) is -0.636. The lowest BCUT2D eigenvalue weighted by molar-refractivity contribution is -0.123. The molecule has 2 unspecified atom stereocenters. The van der Waals surface area contributed by atoms with Crippen LogP contribution < -0.4 is 5.32 Å². The lowest BCUT2D eigenvalue weighted by atomic mass is 10.0. The van der Waals surface area contributed by atoms with Gasteiger partial charge in [-0.1, -0.05) is 346 Å². The maximum Gasteiger partial charge on any atom is 0.220 e. The Morgan fingerprint density at radius 3 is 0.853 bits per heavy atom. The van der Waals surface area contributed by atoms with Crippen LogP contribution in [0, 0.1) is 0 Å². The fourth-order valence-corrected chi connectivity index (χ4v) is 10.1. The minimum atomic E-state index is -0.860. The van der Waals surface area contributed by atoms with Crippen LogP contribution in [0.5, 0.6) is 0 Å². The molecule has 0 bridgehead atoms. The van der Waals surface area contributed by atoms with Crippen LogP contribution >= 0.6 is 0 Å². The van der Waals surface area contributed by atoms with Gasteiger partial charge in [0.05, 0.1) is 18.8 Å². The summed E-state index contributed by atoms with van der Waals surface area (Å²) in [4.78, 5) is 12.5. The molecule has 0 aliphatic heterocycles. The number of unbranched alkanes of at least 4 members (excludes halogenated alkanes) is 50. The number of carbonyl (C=O) groups is 1. The predicted octanol–water partition coefficient (Wildman–Crippen LogP) is 21.0. The van der Waals surface area contributed by atoms with Crippen molar-refractivity contribution in [3.8, 4) is 0 Å². The van der Waals surface area contributed by atoms with Gasteiger partial charge in [-0.2, -0.15) is 0 Å². The Kier molecular flexibility index (Phi) is 59.2. The minimum absolute atomic E-state index is 0.0660. The fourth-order valence-electron chi connectivity index (χ4n) is 10.1. The molecule has 0 saturated heterocycles. The lowest BCUT2D eigenvalue weighted by Crippen LogP contribution is -2.45. The first-order chi connectivity index (χ1) is 33.7. The zero-order valence-electron chi connectivity index (χ0n) is 46.7. The molecular formula is C64H125NO3. The standard InChI is InChI=1S/C64H125NO3/c1-3-5-7-9-11-13-15-17-19-21-23-24-25-26-27-28-29-30-31-32-33-34-35-36-37-38-39-40-41-42-44-46-48-50-52-54-56-58-60-64(68)65-62(61-66)63(67)59-57-55-53-51-49-47-45-43-22-20-18-16-14-12-10-8-6-4-2/h49,51,57,59,62-63,66-67H,3-48,50,52-56,58,60-61H2,1-2H3,(H,65,68)/b51-49+,59-57+. The lowest BCUT2D eigenvalue weighted by Gasteiger charge is -2.19. The summed E-state index contributed by atoms with van der Waals surface area (Å²) in [5, 5.41) is 23.2. The van der Waals surface area contributed by atoms with Crippen LogP contribution in [-0.4, -0.2) is 34.9 Å². The molecule has 404 valence electrons. The second-order valence-electron chi connectivity index (χ2n) is 21.8. The predicted molar refractivity (Wildman–Crippen MR) is 304 cm³/mol. The molecule has 68 heavy (non-hydrogen) atoms. The first-order valence-electron chi connectivity index (χ1n) is 31.6. The second-order valence-corrected chi connectivity index (χ2v) is 21.8. The zero-order chi connectivity index (χ0) is 49.2. The summed E-state index contributed by atoms with van der Waals surface area (Å²) in [5.74, 6) is -0.0660. The summed E-state index contributed by atoms with van der Waals surface area (Å²) in [6.07, 6.45) is 81.1. The number of hydrogen-bond donors (Lipinski definition) is 3. The van der Waals surface area contributed by atoms with Gasteiger partial charge in [0.1, 0.15) is 0 Å². The molecule has 4 heteroatoms. The first kappa shape index (κ1) is 66.9. The quantitative estimate of drug-likeness (QED) is 0.0420. The Bertz CT molecular complexity index is 994. The molecule has 1 amide bonds. The van der Waals surface area contributed by atoms with Crippen LogP contribution in [0.3, 0.4) is 0 Å². The molecule has 0 aromatic heterocycles. The summed E-state index contributed by atoms with van der Waals surface area (Å²) in [7, 11) is 0. The number of hydrogen-bond acceptors (Lipinski definition) is 3. The average Bonchev–Trinajstić information content (AvgIpc) is 3.34. The van der Waals surface area contributed by atoms with Crippen LogP contribution in [0.2, 0.25) is 0 Å². The Morgan fingerprint density at radius 1 is 0.338 bits per heavy atom. The van der Waals surface area contributed by atoms with Gasteiger partial charge in [0.15, 0.2) is 0 Å². The van der Waals surface area contributed by atoms with Crippen LogP contribution in [0.15, 0.2) is 24.3 Å². The summed E-state index contributed by atoms with van der Waals surface area (Å²) >= 11 is 0. The van der Waals surface area contributed by atoms with Crippen LogP contribution in [-0.2, 0) is 4.79 Å². The third-order valence-electron chi connectivity index (χ3n) is 14.9. The second kappa shape index (κ2) is 60.2. The molecule has 0 saturated carbocycles. The number of carbonyl (C=O) groups excluding carboxylic acids is 1. The van der Waals surface area contributed by atoms with Crippen molar-refractivity contribution >= 4 is 5.91 Å². The van der Waals surface area contributed by atoms with E-state index < -0.39 is 12.1 Å². The van der Waals surface area contributed by atoms with Gasteiger partial charge in [-0.05, 0) is 32.1 Å². The van der Waals surface area contributed by atoms with Crippen molar-refractivity contribution < 1.29 is 15.0 Å². The topological polar surface area (TPSA) is 69.6 Å². The highest BCUT2D eigenvalue weighted by Crippen LogP contribution is 2.19. The van der Waals surface area contributed by atoms with Crippen LogP contribution in [0.4, 0.5) is 0 Å². The Balaban J connectivity index is 3.39. The Morgan fingerprint density at radius 2 is 0.574 bits per heavy atom. The molecule has 3 N–H and O–H groups in total. The van der Waals surface area contributed by atoms with Crippen molar-refractivity contribution in [1.29, 1.82) is 0 Å². The van der Waals surface area contributed by atoms with Crippen LogP contribution in [0.1, 0.15) is 361 Å². The van der Waals surface area contributed by atoms with Crippen LogP contribution in [0.25, 0.3) is 0 Å². The SMILES string of the molecule is CCCCCCCCCCCCCC/C=C/CC/C=C/C(O)C(CO)NC(=O)CCCCCCCCCCCCCCCCCCCCCCCCCCCCCCCCCCCCCCCC. The molecule has 4 nitrogen and oxygen atoms in total. The van der Waals surface area contributed by atoms with E-state index in [-0.39, 0.29) is 12.5 Å². The summed E-state index contributed by atoms with van der Waals surface area (Å²) in [5.41, 5.74) is 0. The van der Waals surface area contributed by atoms with Crippen molar-refractivity contribution in [2.24, 2.45) is 0 Å². The molecule has 0 radical (unpaired) electrons. The number of aliphatic hydroxyl groups excluding tert-OH is 2. The van der Waals surface area contributed by atoms with Gasteiger partial charge in [0, 0.05) is 6.42 Å². The average molecular weight is 957 g/mol. The normalized spacial score (nSPS) is 12.8. The fraction of sp³-hybridized carbons (Fsp3) is 0.922. The number of nitrogens with one attached hydrogen (secondary N) is 1. The van der Waals surface area contributed by atoms with Crippen molar-refractivity contribution in [2.75, 3.05) is 6.61 Å². The smallest absolute Gasteiger partial charge is 0.220 e. The van der Waals surface area contributed by atoms with Gasteiger partial charge in [0.2, 0.25) is 5.91 Å². The van der Waals surface area contributed by atoms with E-state index in [1.54, 1.807) is 6.08 Å². The van der Waals surface area contributed by atoms with E-state index in [0.29, 0.717) is 6.42 Å². The molecule has 0 aromatic carbocycles. The largest absolute Gasteiger partial charge is 0.394 e. The van der Waals surface area contributed by atoms with E-state index in [4.69, 9.17) is 0 Å². The van der Waals surface area contributed by atoms with E-state index in [2.05, 4.69) is 31.3 Å². The molecule has 0 heterocycles. The van der Waals surface area contributed by atoms with Gasteiger partial charge in [-0.25, -0.2) is 0 Å². The maximum atomic E-state index is 12.5. The van der Waals surface area contributed by atoms with Gasteiger partial charge < -0.3 is 15.5 Å². The molecule has 0 rings (SSSR count). The number of amides is 1. The Hall–Kier alpha value is -1.13. The van der Waals surface area contributed by atoms with Crippen molar-refractivity contribution in [3.05, 3.63) is 24.3 Å². The number of allylic oxidation sites excluding steroid dienone is 3. The third kappa shape index (κ3) is 55.8. The minimum Gasteiger partial charge on any atom is -0.394 e. The van der Waals surface area contributed by atoms with E-state index in [1.807, 2.05) is 6.08 Å². The molecule has 2 atom stereocenters. The highest BCUT2D eigenvalue weighted by molar-refractivity contribution is 5.76. The Labute approximate surface area is 428 Å². The molecular weight excluding hydrogens is 831 g/mol. The summed E-state index contributed by atoms with van der Waals surface area (Å²) < 4.78 is 0. The van der Waals surface area contributed by atoms with E-state index in [1.165, 1.54) is 308 Å². The van der Waals surface area contributed by atoms with Gasteiger partial charge in [-0.15, -0.1) is 0 Å². The van der Waals surface area contributed by atoms with Crippen molar-refractivity contribution in [3.63, 3.8) is 0 Å². The van der Waals surface area contributed by atoms with E-state index in [9.17, 15) is 15.0 Å². The maximum absolute atomic E-state index is 12.5. The number of aliphatic hydroxyl groups is 2. The first-order valence-corrected chi connectivity index (χ1v) is 31.6. The van der Waals surface area contributed by atoms with E-state index >= 15 is 0 Å². The van der Waals surface area contributed by atoms with Gasteiger partial charge in [0.25, 0.3) is 0 Å². The monoisotopic (exact) mass is 956 g/mol. The van der Waals surface area contributed by atoms with Gasteiger partial charge in [-0.3, -0.25) is 4.79 Å².